The Labute approximate surface area is 115 Å². The lowest BCUT2D eigenvalue weighted by Crippen LogP contribution is -2.37. The van der Waals surface area contributed by atoms with Crippen molar-refractivity contribution in [2.24, 2.45) is 0 Å². The number of benzene rings is 1. The first-order chi connectivity index (χ1) is 9.22. The summed E-state index contributed by atoms with van der Waals surface area (Å²) in [6.07, 6.45) is 2.56. The van der Waals surface area contributed by atoms with E-state index in [1.807, 2.05) is 0 Å². The Morgan fingerprint density at radius 1 is 1.47 bits per heavy atom. The molecule has 2 N–H and O–H groups in total. The predicted octanol–water partition coefficient (Wildman–Crippen LogP) is 1.37. The van der Waals surface area contributed by atoms with Gasteiger partial charge in [-0.15, -0.1) is 0 Å². The molecule has 3 rings (SSSR count). The number of hydrogen-bond donors (Lipinski definition) is 2. The van der Waals surface area contributed by atoms with Crippen LogP contribution in [-0.2, 0) is 0 Å². The van der Waals surface area contributed by atoms with E-state index in [0.29, 0.717) is 10.5 Å². The molecule has 19 heavy (non-hydrogen) atoms. The van der Waals surface area contributed by atoms with Crippen LogP contribution in [0.4, 0.5) is 0 Å². The van der Waals surface area contributed by atoms with Crippen molar-refractivity contribution in [3.05, 3.63) is 35.2 Å². The number of nitrogens with one attached hydrogen (secondary N) is 2. The highest BCUT2D eigenvalue weighted by Crippen LogP contribution is 2.16. The molecule has 5 nitrogen and oxygen atoms in total. The van der Waals surface area contributed by atoms with Gasteiger partial charge in [-0.2, -0.15) is 0 Å². The van der Waals surface area contributed by atoms with Crippen molar-refractivity contribution in [1.82, 2.24) is 20.6 Å². The second-order valence-corrected chi connectivity index (χ2v) is 5.00. The van der Waals surface area contributed by atoms with Gasteiger partial charge in [-0.1, -0.05) is 11.6 Å². The van der Waals surface area contributed by atoms with Crippen molar-refractivity contribution in [3.63, 3.8) is 0 Å². The van der Waals surface area contributed by atoms with Crippen LogP contribution in [-0.4, -0.2) is 35.0 Å². The number of halogens is 1. The van der Waals surface area contributed by atoms with E-state index in [1.165, 1.54) is 0 Å². The van der Waals surface area contributed by atoms with E-state index in [0.717, 1.165) is 24.9 Å². The zero-order valence-corrected chi connectivity index (χ0v) is 10.9. The van der Waals surface area contributed by atoms with Gasteiger partial charge in [-0.25, -0.2) is 9.97 Å². The summed E-state index contributed by atoms with van der Waals surface area (Å²) in [5.74, 6) is -0.0349. The zero-order chi connectivity index (χ0) is 13.2. The molecule has 98 valence electrons. The molecule has 0 aliphatic carbocycles. The topological polar surface area (TPSA) is 66.9 Å². The maximum Gasteiger partial charge on any atom is 0.289 e. The molecular formula is C13H13ClN4O. The molecule has 1 aliphatic rings. The van der Waals surface area contributed by atoms with E-state index in [-0.39, 0.29) is 17.8 Å². The lowest BCUT2D eigenvalue weighted by molar-refractivity contribution is 0.0930. The standard InChI is InChI=1S/C13H13ClN4O/c14-9-1-2-11-8(5-9)6-16-12(18-11)13(19)17-10-3-4-15-7-10/h1-2,5-6,10,15H,3-4,7H2,(H,17,19)/t10-/m0/s1. The van der Waals surface area contributed by atoms with Crippen molar-refractivity contribution in [1.29, 1.82) is 0 Å². The lowest BCUT2D eigenvalue weighted by Gasteiger charge is -2.10. The van der Waals surface area contributed by atoms with Gasteiger partial charge in [0.05, 0.1) is 5.52 Å². The Morgan fingerprint density at radius 3 is 3.16 bits per heavy atom. The van der Waals surface area contributed by atoms with Crippen LogP contribution in [0.3, 0.4) is 0 Å². The third-order valence-electron chi connectivity index (χ3n) is 3.14. The fourth-order valence-corrected chi connectivity index (χ4v) is 2.32. The molecule has 0 saturated carbocycles. The summed E-state index contributed by atoms with van der Waals surface area (Å²) in [4.78, 5) is 20.4. The minimum atomic E-state index is -0.231. The summed E-state index contributed by atoms with van der Waals surface area (Å²) in [7, 11) is 0. The van der Waals surface area contributed by atoms with Gasteiger partial charge in [0.15, 0.2) is 0 Å². The molecule has 1 saturated heterocycles. The number of rotatable bonds is 2. The van der Waals surface area contributed by atoms with Crippen LogP contribution in [0.1, 0.15) is 17.0 Å². The molecule has 6 heteroatoms. The molecule has 0 unspecified atom stereocenters. The third kappa shape index (κ3) is 2.67. The molecule has 0 radical (unpaired) electrons. The van der Waals surface area contributed by atoms with Crippen LogP contribution < -0.4 is 10.6 Å². The van der Waals surface area contributed by atoms with Gasteiger partial charge in [0.2, 0.25) is 5.82 Å². The summed E-state index contributed by atoms with van der Waals surface area (Å²) in [5, 5.41) is 7.57. The third-order valence-corrected chi connectivity index (χ3v) is 3.38. The molecule has 1 aromatic heterocycles. The Hall–Kier alpha value is -1.72. The number of carbonyl (C=O) groups is 1. The van der Waals surface area contributed by atoms with Crippen molar-refractivity contribution in [2.45, 2.75) is 12.5 Å². The maximum absolute atomic E-state index is 12.0. The summed E-state index contributed by atoms with van der Waals surface area (Å²) >= 11 is 5.89. The minimum absolute atomic E-state index is 0.164. The van der Waals surface area contributed by atoms with Crippen molar-refractivity contribution >= 4 is 28.4 Å². The number of hydrogen-bond acceptors (Lipinski definition) is 4. The normalized spacial score (nSPS) is 18.7. The summed E-state index contributed by atoms with van der Waals surface area (Å²) < 4.78 is 0. The Bertz CT molecular complexity index is 625. The number of amides is 1. The average molecular weight is 277 g/mol. The molecule has 0 bridgehead atoms. The minimum Gasteiger partial charge on any atom is -0.345 e. The Morgan fingerprint density at radius 2 is 2.37 bits per heavy atom. The van der Waals surface area contributed by atoms with Crippen LogP contribution in [0.15, 0.2) is 24.4 Å². The highest BCUT2D eigenvalue weighted by molar-refractivity contribution is 6.31. The second-order valence-electron chi connectivity index (χ2n) is 4.56. The summed E-state index contributed by atoms with van der Waals surface area (Å²) in [6, 6.07) is 5.48. The molecule has 2 aromatic rings. The van der Waals surface area contributed by atoms with Crippen LogP contribution >= 0.6 is 11.6 Å². The molecule has 1 amide bonds. The lowest BCUT2D eigenvalue weighted by atomic mass is 10.2. The van der Waals surface area contributed by atoms with Crippen LogP contribution in [0.2, 0.25) is 5.02 Å². The van der Waals surface area contributed by atoms with E-state index < -0.39 is 0 Å². The van der Waals surface area contributed by atoms with Gasteiger partial charge in [0, 0.05) is 29.2 Å². The molecular weight excluding hydrogens is 264 g/mol. The predicted molar refractivity (Wildman–Crippen MR) is 73.3 cm³/mol. The van der Waals surface area contributed by atoms with Gasteiger partial charge < -0.3 is 10.6 Å². The number of aromatic nitrogens is 2. The number of carbonyl (C=O) groups excluding carboxylic acids is 1. The van der Waals surface area contributed by atoms with Gasteiger partial charge in [-0.3, -0.25) is 4.79 Å². The highest BCUT2D eigenvalue weighted by atomic mass is 35.5. The van der Waals surface area contributed by atoms with Crippen LogP contribution in [0, 0.1) is 0 Å². The number of fused-ring (bicyclic) bond motifs is 1. The Kier molecular flexibility index (Phi) is 3.31. The number of nitrogens with zero attached hydrogens (tertiary/aromatic N) is 2. The fraction of sp³-hybridized carbons (Fsp3) is 0.308. The molecule has 1 atom stereocenters. The zero-order valence-electron chi connectivity index (χ0n) is 10.2. The van der Waals surface area contributed by atoms with Gasteiger partial charge in [0.1, 0.15) is 0 Å². The van der Waals surface area contributed by atoms with Gasteiger partial charge in [0.25, 0.3) is 5.91 Å². The molecule has 1 aromatic carbocycles. The van der Waals surface area contributed by atoms with Crippen LogP contribution in [0.5, 0.6) is 0 Å². The van der Waals surface area contributed by atoms with Crippen molar-refractivity contribution < 1.29 is 4.79 Å². The average Bonchev–Trinajstić information content (AvgIpc) is 2.91. The first-order valence-electron chi connectivity index (χ1n) is 6.16. The van der Waals surface area contributed by atoms with Crippen LogP contribution in [0.25, 0.3) is 10.9 Å². The molecule has 2 heterocycles. The quantitative estimate of drug-likeness (QED) is 0.870. The van der Waals surface area contributed by atoms with E-state index in [2.05, 4.69) is 20.6 Å². The van der Waals surface area contributed by atoms with E-state index in [4.69, 9.17) is 11.6 Å². The summed E-state index contributed by atoms with van der Waals surface area (Å²) in [6.45, 7) is 1.73. The van der Waals surface area contributed by atoms with E-state index in [1.54, 1.807) is 24.4 Å². The Balaban J connectivity index is 1.83. The van der Waals surface area contributed by atoms with E-state index in [9.17, 15) is 4.79 Å². The second kappa shape index (κ2) is 5.11. The SMILES string of the molecule is O=C(N[C@H]1CCNC1)c1ncc2cc(Cl)ccc2n1. The van der Waals surface area contributed by atoms with Gasteiger partial charge in [-0.05, 0) is 31.2 Å². The summed E-state index contributed by atoms with van der Waals surface area (Å²) in [5.41, 5.74) is 0.717. The first-order valence-corrected chi connectivity index (χ1v) is 6.54. The van der Waals surface area contributed by atoms with Crippen molar-refractivity contribution in [3.8, 4) is 0 Å². The maximum atomic E-state index is 12.0. The largest absolute Gasteiger partial charge is 0.345 e. The molecule has 0 spiro atoms. The molecule has 1 aliphatic heterocycles. The highest BCUT2D eigenvalue weighted by Gasteiger charge is 2.19. The van der Waals surface area contributed by atoms with Crippen molar-refractivity contribution in [2.75, 3.05) is 13.1 Å². The smallest absolute Gasteiger partial charge is 0.289 e. The molecule has 1 fully saturated rings. The monoisotopic (exact) mass is 276 g/mol. The fourth-order valence-electron chi connectivity index (χ4n) is 2.14. The first kappa shape index (κ1) is 12.3. The van der Waals surface area contributed by atoms with E-state index >= 15 is 0 Å². The van der Waals surface area contributed by atoms with Gasteiger partial charge >= 0.3 is 0 Å².